The lowest BCUT2D eigenvalue weighted by atomic mass is 10.2. The number of sulfone groups is 1. The molecule has 2 atom stereocenters. The van der Waals surface area contributed by atoms with Gasteiger partial charge in [0, 0.05) is 0 Å². The Kier molecular flexibility index (Phi) is 2.66. The van der Waals surface area contributed by atoms with E-state index >= 15 is 0 Å². The normalized spacial score (nSPS) is 31.9. The molecule has 0 radical (unpaired) electrons. The summed E-state index contributed by atoms with van der Waals surface area (Å²) >= 11 is -1.85. The monoisotopic (exact) mass is 198 g/mol. The van der Waals surface area contributed by atoms with Crippen LogP contribution in [0.5, 0.6) is 0 Å². The van der Waals surface area contributed by atoms with E-state index in [1.165, 1.54) is 0 Å². The van der Waals surface area contributed by atoms with Gasteiger partial charge in [0.25, 0.3) is 0 Å². The fraction of sp³-hybridized carbons (Fsp3) is 1.00. The maximum Gasteiger partial charge on any atom is 0.153 e. The second-order valence-electron chi connectivity index (χ2n) is 2.76. The molecule has 0 amide bonds. The first-order chi connectivity index (χ1) is 4.99. The van der Waals surface area contributed by atoms with Crippen molar-refractivity contribution in [1.29, 1.82) is 0 Å². The summed E-state index contributed by atoms with van der Waals surface area (Å²) in [6, 6.07) is 0. The zero-order chi connectivity index (χ0) is 8.48. The zero-order valence-electron chi connectivity index (χ0n) is 5.89. The molecule has 11 heavy (non-hydrogen) atoms. The molecule has 2 unspecified atom stereocenters. The summed E-state index contributed by atoms with van der Waals surface area (Å²) in [5, 5.41) is 0. The molecular formula is C5H10O4S2. The van der Waals surface area contributed by atoms with E-state index in [2.05, 4.69) is 0 Å². The van der Waals surface area contributed by atoms with Gasteiger partial charge < -0.3 is 4.55 Å². The highest BCUT2D eigenvalue weighted by Crippen LogP contribution is 2.18. The summed E-state index contributed by atoms with van der Waals surface area (Å²) in [5.74, 6) is 0.249. The lowest BCUT2D eigenvalue weighted by molar-refractivity contribution is 0.545. The van der Waals surface area contributed by atoms with Gasteiger partial charge in [-0.05, 0) is 12.3 Å². The van der Waals surface area contributed by atoms with Crippen molar-refractivity contribution in [3.05, 3.63) is 0 Å². The van der Waals surface area contributed by atoms with E-state index in [0.717, 1.165) is 0 Å². The molecule has 1 saturated heterocycles. The molecular weight excluding hydrogens is 188 g/mol. The summed E-state index contributed by atoms with van der Waals surface area (Å²) in [5.41, 5.74) is 0. The van der Waals surface area contributed by atoms with Crippen LogP contribution < -0.4 is 0 Å². The molecule has 0 saturated carbocycles. The van der Waals surface area contributed by atoms with Crippen LogP contribution in [0, 0.1) is 5.92 Å². The van der Waals surface area contributed by atoms with Gasteiger partial charge in [-0.1, -0.05) is 0 Å². The molecule has 0 aromatic carbocycles. The van der Waals surface area contributed by atoms with E-state index in [0.29, 0.717) is 6.42 Å². The third-order valence-electron chi connectivity index (χ3n) is 1.71. The number of rotatable bonds is 2. The molecule has 1 aliphatic rings. The van der Waals surface area contributed by atoms with Gasteiger partial charge in [-0.2, -0.15) is 0 Å². The Morgan fingerprint density at radius 2 is 2.18 bits per heavy atom. The quantitative estimate of drug-likeness (QED) is 0.615. The van der Waals surface area contributed by atoms with E-state index in [-0.39, 0.29) is 23.2 Å². The van der Waals surface area contributed by atoms with Gasteiger partial charge in [-0.25, -0.2) is 12.6 Å². The van der Waals surface area contributed by atoms with Crippen molar-refractivity contribution in [3.8, 4) is 0 Å². The Bertz CT molecular complexity index is 256. The van der Waals surface area contributed by atoms with Crippen LogP contribution in [0.4, 0.5) is 0 Å². The fourth-order valence-corrected chi connectivity index (χ4v) is 3.90. The smallest absolute Gasteiger partial charge is 0.153 e. The van der Waals surface area contributed by atoms with Crippen molar-refractivity contribution < 1.29 is 17.2 Å². The van der Waals surface area contributed by atoms with Crippen molar-refractivity contribution in [2.75, 3.05) is 17.3 Å². The SMILES string of the molecule is O=S(O)CC1CCS(=O)(=O)C1. The molecule has 1 aliphatic heterocycles. The predicted octanol–water partition coefficient (Wildman–Crippen LogP) is -0.357. The first-order valence-electron chi connectivity index (χ1n) is 3.27. The van der Waals surface area contributed by atoms with Crippen LogP contribution in [-0.2, 0) is 20.9 Å². The van der Waals surface area contributed by atoms with Gasteiger partial charge in [-0.3, -0.25) is 0 Å². The largest absolute Gasteiger partial charge is 0.306 e. The summed E-state index contributed by atoms with van der Waals surface area (Å²) in [4.78, 5) is 0. The van der Waals surface area contributed by atoms with Gasteiger partial charge >= 0.3 is 0 Å². The minimum atomic E-state index is -2.89. The maximum atomic E-state index is 10.8. The van der Waals surface area contributed by atoms with E-state index in [1.807, 2.05) is 0 Å². The Morgan fingerprint density at radius 3 is 2.55 bits per heavy atom. The number of hydrogen-bond donors (Lipinski definition) is 1. The Morgan fingerprint density at radius 1 is 1.55 bits per heavy atom. The average Bonchev–Trinajstić information content (AvgIpc) is 2.08. The molecule has 0 bridgehead atoms. The second-order valence-corrected chi connectivity index (χ2v) is 5.96. The highest BCUT2D eigenvalue weighted by molar-refractivity contribution is 7.91. The van der Waals surface area contributed by atoms with Gasteiger partial charge in [0.05, 0.1) is 17.3 Å². The summed E-state index contributed by atoms with van der Waals surface area (Å²) in [7, 11) is -2.89. The molecule has 1 fully saturated rings. The van der Waals surface area contributed by atoms with Crippen molar-refractivity contribution in [2.45, 2.75) is 6.42 Å². The fourth-order valence-electron chi connectivity index (χ4n) is 1.21. The molecule has 0 aromatic rings. The van der Waals surface area contributed by atoms with E-state index < -0.39 is 20.9 Å². The summed E-state index contributed by atoms with van der Waals surface area (Å²) in [6.45, 7) is 0. The Labute approximate surface area is 68.2 Å². The molecule has 6 heteroatoms. The van der Waals surface area contributed by atoms with E-state index in [9.17, 15) is 12.6 Å². The van der Waals surface area contributed by atoms with Crippen LogP contribution >= 0.6 is 0 Å². The lowest BCUT2D eigenvalue weighted by Gasteiger charge is -2.00. The lowest BCUT2D eigenvalue weighted by Crippen LogP contribution is -2.12. The van der Waals surface area contributed by atoms with Crippen LogP contribution in [0.1, 0.15) is 6.42 Å². The predicted molar refractivity (Wildman–Crippen MR) is 42.4 cm³/mol. The zero-order valence-corrected chi connectivity index (χ0v) is 7.53. The molecule has 1 N–H and O–H groups in total. The van der Waals surface area contributed by atoms with Crippen LogP contribution in [0.3, 0.4) is 0 Å². The topological polar surface area (TPSA) is 71.4 Å². The first-order valence-corrected chi connectivity index (χ1v) is 6.37. The maximum absolute atomic E-state index is 10.8. The molecule has 66 valence electrons. The minimum Gasteiger partial charge on any atom is -0.306 e. The average molecular weight is 198 g/mol. The van der Waals surface area contributed by atoms with Gasteiger partial charge in [-0.15, -0.1) is 0 Å². The molecule has 0 aromatic heterocycles. The summed E-state index contributed by atoms with van der Waals surface area (Å²) < 4.78 is 40.4. The van der Waals surface area contributed by atoms with Crippen LogP contribution in [0.25, 0.3) is 0 Å². The summed E-state index contributed by atoms with van der Waals surface area (Å²) in [6.07, 6.45) is 0.536. The molecule has 1 heterocycles. The van der Waals surface area contributed by atoms with E-state index in [1.54, 1.807) is 0 Å². The van der Waals surface area contributed by atoms with E-state index in [4.69, 9.17) is 4.55 Å². The molecule has 4 nitrogen and oxygen atoms in total. The number of hydrogen-bond acceptors (Lipinski definition) is 3. The van der Waals surface area contributed by atoms with Gasteiger partial charge in [0.2, 0.25) is 0 Å². The highest BCUT2D eigenvalue weighted by Gasteiger charge is 2.28. The van der Waals surface area contributed by atoms with Crippen molar-refractivity contribution in [2.24, 2.45) is 5.92 Å². The van der Waals surface area contributed by atoms with Crippen molar-refractivity contribution in [1.82, 2.24) is 0 Å². The minimum absolute atomic E-state index is 0.0826. The van der Waals surface area contributed by atoms with Crippen LogP contribution in [-0.4, -0.2) is 34.4 Å². The molecule has 1 rings (SSSR count). The third kappa shape index (κ3) is 2.88. The highest BCUT2D eigenvalue weighted by atomic mass is 32.2. The molecule has 0 spiro atoms. The third-order valence-corrected chi connectivity index (χ3v) is 4.30. The first kappa shape index (κ1) is 9.15. The van der Waals surface area contributed by atoms with Crippen molar-refractivity contribution >= 4 is 20.9 Å². The Balaban J connectivity index is 2.49. The van der Waals surface area contributed by atoms with Crippen LogP contribution in [0.15, 0.2) is 0 Å². The molecule has 0 aliphatic carbocycles. The van der Waals surface area contributed by atoms with Crippen LogP contribution in [0.2, 0.25) is 0 Å². The standard InChI is InChI=1S/C5H10O4S2/c6-10(7)3-5-1-2-11(8,9)4-5/h5H,1-4H2,(H,6,7). The second kappa shape index (κ2) is 3.20. The van der Waals surface area contributed by atoms with Gasteiger partial charge in [0.1, 0.15) is 0 Å². The van der Waals surface area contributed by atoms with Gasteiger partial charge in [0.15, 0.2) is 20.9 Å². The Hall–Kier alpha value is 0.0600. The van der Waals surface area contributed by atoms with Crippen molar-refractivity contribution in [3.63, 3.8) is 0 Å².